The number of benzene rings is 1. The molecule has 3 heteroatoms. The highest BCUT2D eigenvalue weighted by atomic mass is 16.2. The van der Waals surface area contributed by atoms with E-state index < -0.39 is 0 Å². The van der Waals surface area contributed by atoms with Crippen LogP contribution in [0.5, 0.6) is 0 Å². The fourth-order valence-corrected chi connectivity index (χ4v) is 4.50. The summed E-state index contributed by atoms with van der Waals surface area (Å²) in [4.78, 5) is 17.0. The number of fused-ring (bicyclic) bond motifs is 2. The second kappa shape index (κ2) is 6.48. The Labute approximate surface area is 139 Å². The lowest BCUT2D eigenvalue weighted by atomic mass is 9.93. The van der Waals surface area contributed by atoms with Gasteiger partial charge < -0.3 is 4.90 Å². The number of carbonyl (C=O) groups is 1. The van der Waals surface area contributed by atoms with Gasteiger partial charge in [0.05, 0.1) is 6.42 Å². The Morgan fingerprint density at radius 2 is 1.78 bits per heavy atom. The van der Waals surface area contributed by atoms with Gasteiger partial charge in [-0.15, -0.1) is 0 Å². The fraction of sp³-hybridized carbons (Fsp3) is 0.550. The minimum Gasteiger partial charge on any atom is -0.340 e. The summed E-state index contributed by atoms with van der Waals surface area (Å²) in [7, 11) is 0. The Morgan fingerprint density at radius 3 is 2.43 bits per heavy atom. The number of piperazine rings is 1. The van der Waals surface area contributed by atoms with Gasteiger partial charge in [0, 0.05) is 32.7 Å². The lowest BCUT2D eigenvalue weighted by Crippen LogP contribution is -2.50. The first-order valence-corrected chi connectivity index (χ1v) is 9.00. The molecule has 0 aromatic heterocycles. The lowest BCUT2D eigenvalue weighted by molar-refractivity contribution is -0.132. The van der Waals surface area contributed by atoms with Gasteiger partial charge in [-0.3, -0.25) is 9.69 Å². The maximum atomic E-state index is 12.4. The molecule has 122 valence electrons. The summed E-state index contributed by atoms with van der Waals surface area (Å²) in [5.74, 6) is 2.83. The van der Waals surface area contributed by atoms with E-state index in [4.69, 9.17) is 0 Å². The summed E-state index contributed by atoms with van der Waals surface area (Å²) in [5, 5.41) is 0. The van der Waals surface area contributed by atoms with E-state index in [1.54, 1.807) is 0 Å². The van der Waals surface area contributed by atoms with Crippen LogP contribution in [-0.2, 0) is 11.2 Å². The second-order valence-corrected chi connectivity index (χ2v) is 7.38. The number of carbonyl (C=O) groups excluding carboxylic acids is 1. The van der Waals surface area contributed by atoms with Crippen LogP contribution < -0.4 is 0 Å². The molecule has 1 amide bonds. The molecule has 2 aliphatic carbocycles. The number of allylic oxidation sites excluding steroid dienone is 2. The topological polar surface area (TPSA) is 23.6 Å². The Morgan fingerprint density at radius 1 is 1.00 bits per heavy atom. The Kier molecular flexibility index (Phi) is 4.21. The Balaban J connectivity index is 1.24. The third kappa shape index (κ3) is 3.35. The van der Waals surface area contributed by atoms with E-state index in [0.717, 1.165) is 49.5 Å². The predicted octanol–water partition coefficient (Wildman–Crippen LogP) is 2.59. The molecule has 0 spiro atoms. The quantitative estimate of drug-likeness (QED) is 0.798. The van der Waals surface area contributed by atoms with Gasteiger partial charge >= 0.3 is 0 Å². The van der Waals surface area contributed by atoms with E-state index in [9.17, 15) is 4.79 Å². The second-order valence-electron chi connectivity index (χ2n) is 7.38. The van der Waals surface area contributed by atoms with Gasteiger partial charge in [-0.05, 0) is 36.2 Å². The molecule has 3 atom stereocenters. The van der Waals surface area contributed by atoms with Gasteiger partial charge in [-0.2, -0.15) is 0 Å². The van der Waals surface area contributed by atoms with Crippen molar-refractivity contribution in [1.82, 2.24) is 9.80 Å². The van der Waals surface area contributed by atoms with Crippen molar-refractivity contribution in [3.8, 4) is 0 Å². The highest BCUT2D eigenvalue weighted by Gasteiger charge is 2.36. The Hall–Kier alpha value is -1.61. The van der Waals surface area contributed by atoms with E-state index in [2.05, 4.69) is 17.1 Å². The van der Waals surface area contributed by atoms with Gasteiger partial charge in [0.2, 0.25) is 5.91 Å². The first-order valence-electron chi connectivity index (χ1n) is 9.00. The first-order chi connectivity index (χ1) is 11.3. The van der Waals surface area contributed by atoms with Gasteiger partial charge in [-0.25, -0.2) is 0 Å². The van der Waals surface area contributed by atoms with Crippen molar-refractivity contribution in [3.63, 3.8) is 0 Å². The summed E-state index contributed by atoms with van der Waals surface area (Å²) < 4.78 is 0. The molecule has 0 radical (unpaired) electrons. The summed E-state index contributed by atoms with van der Waals surface area (Å²) in [5.41, 5.74) is 1.12. The lowest BCUT2D eigenvalue weighted by Gasteiger charge is -2.37. The van der Waals surface area contributed by atoms with Crippen LogP contribution >= 0.6 is 0 Å². The molecular weight excluding hydrogens is 284 g/mol. The maximum absolute atomic E-state index is 12.4. The number of nitrogens with zero attached hydrogens (tertiary/aromatic N) is 2. The Bertz CT molecular complexity index is 575. The molecule has 1 saturated heterocycles. The zero-order chi connectivity index (χ0) is 15.6. The van der Waals surface area contributed by atoms with E-state index in [1.165, 1.54) is 19.4 Å². The van der Waals surface area contributed by atoms with Crippen LogP contribution in [-0.4, -0.2) is 48.4 Å². The highest BCUT2D eigenvalue weighted by Crippen LogP contribution is 2.43. The fourth-order valence-electron chi connectivity index (χ4n) is 4.50. The van der Waals surface area contributed by atoms with Crippen molar-refractivity contribution >= 4 is 5.91 Å². The van der Waals surface area contributed by atoms with Gasteiger partial charge in [0.15, 0.2) is 0 Å². The zero-order valence-corrected chi connectivity index (χ0v) is 13.7. The molecule has 1 heterocycles. The summed E-state index contributed by atoms with van der Waals surface area (Å²) in [6.07, 6.45) is 8.17. The molecule has 23 heavy (non-hydrogen) atoms. The predicted molar refractivity (Wildman–Crippen MR) is 92.0 cm³/mol. The third-order valence-electron chi connectivity index (χ3n) is 5.83. The highest BCUT2D eigenvalue weighted by molar-refractivity contribution is 5.78. The SMILES string of the molecule is O=C(Cc1ccccc1)N1CCN(C[C@@H]2C[C@H]3C=C[C@H]2C3)CC1. The van der Waals surface area contributed by atoms with Crippen molar-refractivity contribution < 1.29 is 4.79 Å². The van der Waals surface area contributed by atoms with E-state index in [-0.39, 0.29) is 5.91 Å². The van der Waals surface area contributed by atoms with Crippen molar-refractivity contribution in [3.05, 3.63) is 48.0 Å². The molecule has 3 nitrogen and oxygen atoms in total. The maximum Gasteiger partial charge on any atom is 0.227 e. The van der Waals surface area contributed by atoms with Crippen LogP contribution in [0.25, 0.3) is 0 Å². The minimum atomic E-state index is 0.277. The van der Waals surface area contributed by atoms with Crippen molar-refractivity contribution in [2.75, 3.05) is 32.7 Å². The van der Waals surface area contributed by atoms with E-state index >= 15 is 0 Å². The number of rotatable bonds is 4. The normalized spacial score (nSPS) is 30.1. The van der Waals surface area contributed by atoms with Crippen molar-refractivity contribution in [2.24, 2.45) is 17.8 Å². The van der Waals surface area contributed by atoms with Crippen LogP contribution in [0.15, 0.2) is 42.5 Å². The molecule has 0 N–H and O–H groups in total. The van der Waals surface area contributed by atoms with Gasteiger partial charge in [0.25, 0.3) is 0 Å². The third-order valence-corrected chi connectivity index (χ3v) is 5.83. The molecule has 1 aromatic rings. The van der Waals surface area contributed by atoms with Gasteiger partial charge in [0.1, 0.15) is 0 Å². The standard InChI is InChI=1S/C20H26N2O/c23-20(14-16-4-2-1-3-5-16)22-10-8-21(9-11-22)15-19-13-17-6-7-18(19)12-17/h1-7,17-19H,8-15H2/t17-,18-,19-/m0/s1. The molecule has 4 rings (SSSR count). The van der Waals surface area contributed by atoms with Crippen molar-refractivity contribution in [2.45, 2.75) is 19.3 Å². The summed E-state index contributed by atoms with van der Waals surface area (Å²) in [6, 6.07) is 10.1. The smallest absolute Gasteiger partial charge is 0.227 e. The average Bonchev–Trinajstić information content (AvgIpc) is 3.19. The van der Waals surface area contributed by atoms with Crippen LogP contribution in [0.4, 0.5) is 0 Å². The molecule has 0 unspecified atom stereocenters. The average molecular weight is 310 g/mol. The first kappa shape index (κ1) is 14.9. The van der Waals surface area contributed by atoms with Crippen LogP contribution in [0.2, 0.25) is 0 Å². The molecule has 1 aliphatic heterocycles. The molecule has 1 aromatic carbocycles. The summed E-state index contributed by atoms with van der Waals surface area (Å²) >= 11 is 0. The summed E-state index contributed by atoms with van der Waals surface area (Å²) in [6.45, 7) is 5.09. The van der Waals surface area contributed by atoms with E-state index in [1.807, 2.05) is 35.2 Å². The molecular formula is C20H26N2O. The van der Waals surface area contributed by atoms with Gasteiger partial charge in [-0.1, -0.05) is 42.5 Å². The molecule has 3 aliphatic rings. The van der Waals surface area contributed by atoms with Crippen LogP contribution in [0, 0.1) is 17.8 Å². The number of hydrogen-bond donors (Lipinski definition) is 0. The molecule has 2 bridgehead atoms. The van der Waals surface area contributed by atoms with Crippen LogP contribution in [0.1, 0.15) is 18.4 Å². The molecule has 1 saturated carbocycles. The minimum absolute atomic E-state index is 0.277. The monoisotopic (exact) mass is 310 g/mol. The number of hydrogen-bond acceptors (Lipinski definition) is 2. The molecule has 2 fully saturated rings. The zero-order valence-electron chi connectivity index (χ0n) is 13.7. The largest absolute Gasteiger partial charge is 0.340 e. The number of amides is 1. The van der Waals surface area contributed by atoms with E-state index in [0.29, 0.717) is 6.42 Å². The van der Waals surface area contributed by atoms with Crippen LogP contribution in [0.3, 0.4) is 0 Å². The van der Waals surface area contributed by atoms with Crippen molar-refractivity contribution in [1.29, 1.82) is 0 Å².